The number of aryl methyl sites for hydroxylation is 4. The molecule has 22 heavy (non-hydrogen) atoms. The molecule has 0 aliphatic carbocycles. The summed E-state index contributed by atoms with van der Waals surface area (Å²) in [6, 6.07) is 8.49. The van der Waals surface area contributed by atoms with Gasteiger partial charge in [0.15, 0.2) is 0 Å². The van der Waals surface area contributed by atoms with Gasteiger partial charge in [-0.3, -0.25) is 0 Å². The maximum atomic E-state index is 4.68. The van der Waals surface area contributed by atoms with Gasteiger partial charge in [-0.05, 0) is 56.0 Å². The maximum Gasteiger partial charge on any atom is 0.137 e. The monoisotopic (exact) mass is 290 g/mol. The second kappa shape index (κ2) is 4.98. The van der Waals surface area contributed by atoms with Gasteiger partial charge in [-0.25, -0.2) is 9.97 Å². The van der Waals surface area contributed by atoms with Crippen LogP contribution < -0.4 is 0 Å². The van der Waals surface area contributed by atoms with Crippen LogP contribution in [0.1, 0.15) is 22.5 Å². The number of hydrogen-bond acceptors (Lipinski definition) is 2. The number of rotatable bonds is 3. The Morgan fingerprint density at radius 1 is 0.864 bits per heavy atom. The fraction of sp³-hybridized carbons (Fsp3) is 0.222. The molecule has 0 N–H and O–H groups in total. The fourth-order valence-electron chi connectivity index (χ4n) is 2.85. The first kappa shape index (κ1) is 13.1. The smallest absolute Gasteiger partial charge is 0.137 e. The molecule has 4 aromatic rings. The molecule has 110 valence electrons. The summed E-state index contributed by atoms with van der Waals surface area (Å²) in [5.74, 6) is 0. The van der Waals surface area contributed by atoms with Crippen molar-refractivity contribution in [1.82, 2.24) is 18.8 Å². The van der Waals surface area contributed by atoms with E-state index in [0.717, 1.165) is 35.5 Å². The maximum absolute atomic E-state index is 4.68. The van der Waals surface area contributed by atoms with Gasteiger partial charge in [0.25, 0.3) is 0 Å². The summed E-state index contributed by atoms with van der Waals surface area (Å²) in [6.07, 6.45) is 10.3. The summed E-state index contributed by atoms with van der Waals surface area (Å²) in [6.45, 7) is 4.12. The third-order valence-corrected chi connectivity index (χ3v) is 3.96. The second-order valence-electron chi connectivity index (χ2n) is 5.89. The summed E-state index contributed by atoms with van der Waals surface area (Å²) >= 11 is 0. The zero-order valence-electron chi connectivity index (χ0n) is 12.8. The predicted octanol–water partition coefficient (Wildman–Crippen LogP) is 3.38. The van der Waals surface area contributed by atoms with Gasteiger partial charge in [-0.1, -0.05) is 6.07 Å². The van der Waals surface area contributed by atoms with E-state index in [2.05, 4.69) is 68.5 Å². The highest BCUT2D eigenvalue weighted by Crippen LogP contribution is 2.12. The van der Waals surface area contributed by atoms with E-state index in [9.17, 15) is 0 Å². The van der Waals surface area contributed by atoms with Crippen molar-refractivity contribution in [3.8, 4) is 0 Å². The largest absolute Gasteiger partial charge is 0.307 e. The van der Waals surface area contributed by atoms with Gasteiger partial charge < -0.3 is 8.80 Å². The van der Waals surface area contributed by atoms with Crippen LogP contribution in [0.5, 0.6) is 0 Å². The van der Waals surface area contributed by atoms with Crippen LogP contribution in [0.2, 0.25) is 0 Å². The van der Waals surface area contributed by atoms with Crippen molar-refractivity contribution < 1.29 is 0 Å². The molecule has 0 spiro atoms. The van der Waals surface area contributed by atoms with Gasteiger partial charge in [0.05, 0.1) is 11.4 Å². The van der Waals surface area contributed by atoms with E-state index in [4.69, 9.17) is 0 Å². The molecule has 0 unspecified atom stereocenters. The van der Waals surface area contributed by atoms with Crippen LogP contribution in [-0.4, -0.2) is 18.8 Å². The minimum atomic E-state index is 0.941. The molecular formula is C18H18N4. The molecule has 0 radical (unpaired) electrons. The van der Waals surface area contributed by atoms with E-state index in [-0.39, 0.29) is 0 Å². The Morgan fingerprint density at radius 3 is 2.68 bits per heavy atom. The topological polar surface area (TPSA) is 34.6 Å². The number of pyridine rings is 2. The minimum absolute atomic E-state index is 0.941. The van der Waals surface area contributed by atoms with Crippen molar-refractivity contribution in [3.63, 3.8) is 0 Å². The highest BCUT2D eigenvalue weighted by Gasteiger charge is 2.04. The SMILES string of the molecule is Cc1ccc2nc(CCc3ccn4cc(C)nc4c3)cn2c1. The van der Waals surface area contributed by atoms with E-state index in [0.29, 0.717) is 0 Å². The van der Waals surface area contributed by atoms with Crippen molar-refractivity contribution in [1.29, 1.82) is 0 Å². The Labute approximate surface area is 129 Å². The van der Waals surface area contributed by atoms with Crippen LogP contribution >= 0.6 is 0 Å². The van der Waals surface area contributed by atoms with Crippen LogP contribution in [0, 0.1) is 13.8 Å². The highest BCUT2D eigenvalue weighted by atomic mass is 15.0. The van der Waals surface area contributed by atoms with Gasteiger partial charge in [-0.15, -0.1) is 0 Å². The molecule has 0 bridgehead atoms. The Kier molecular flexibility index (Phi) is 2.96. The quantitative estimate of drug-likeness (QED) is 0.579. The van der Waals surface area contributed by atoms with Gasteiger partial charge >= 0.3 is 0 Å². The first-order valence-corrected chi connectivity index (χ1v) is 7.56. The van der Waals surface area contributed by atoms with Crippen LogP contribution in [0.25, 0.3) is 11.3 Å². The third kappa shape index (κ3) is 2.37. The number of hydrogen-bond donors (Lipinski definition) is 0. The lowest BCUT2D eigenvalue weighted by Gasteiger charge is -2.00. The molecule has 0 aliphatic rings. The number of nitrogens with zero attached hydrogens (tertiary/aromatic N) is 4. The second-order valence-corrected chi connectivity index (χ2v) is 5.89. The lowest BCUT2D eigenvalue weighted by molar-refractivity contribution is 0.923. The zero-order chi connectivity index (χ0) is 15.1. The van der Waals surface area contributed by atoms with Gasteiger partial charge in [0.2, 0.25) is 0 Å². The average Bonchev–Trinajstić information content (AvgIpc) is 3.05. The fourth-order valence-corrected chi connectivity index (χ4v) is 2.85. The lowest BCUT2D eigenvalue weighted by atomic mass is 10.1. The molecule has 0 fully saturated rings. The standard InChI is InChI=1S/C18H18N4/c1-13-3-6-17-20-16(12-22(17)10-13)5-4-15-7-8-21-11-14(2)19-18(21)9-15/h3,6-12H,4-5H2,1-2H3. The highest BCUT2D eigenvalue weighted by molar-refractivity contribution is 5.44. The molecule has 0 amide bonds. The lowest BCUT2D eigenvalue weighted by Crippen LogP contribution is -1.93. The molecule has 0 saturated heterocycles. The van der Waals surface area contributed by atoms with Crippen molar-refractivity contribution in [2.75, 3.05) is 0 Å². The van der Waals surface area contributed by atoms with Crippen molar-refractivity contribution in [2.45, 2.75) is 26.7 Å². The third-order valence-electron chi connectivity index (χ3n) is 3.96. The van der Waals surface area contributed by atoms with Crippen molar-refractivity contribution >= 4 is 11.3 Å². The van der Waals surface area contributed by atoms with E-state index < -0.39 is 0 Å². The molecule has 0 aliphatic heterocycles. The summed E-state index contributed by atoms with van der Waals surface area (Å²) in [7, 11) is 0. The predicted molar refractivity (Wildman–Crippen MR) is 87.3 cm³/mol. The molecule has 4 heterocycles. The Morgan fingerprint density at radius 2 is 1.77 bits per heavy atom. The molecule has 4 rings (SSSR count). The summed E-state index contributed by atoms with van der Waals surface area (Å²) < 4.78 is 4.17. The van der Waals surface area contributed by atoms with E-state index in [1.54, 1.807) is 0 Å². The Hall–Kier alpha value is -2.62. The zero-order valence-corrected chi connectivity index (χ0v) is 12.8. The molecule has 0 atom stereocenters. The first-order chi connectivity index (χ1) is 10.7. The average molecular weight is 290 g/mol. The molecule has 4 heteroatoms. The number of fused-ring (bicyclic) bond motifs is 2. The molecule has 0 saturated carbocycles. The molecule has 0 aromatic carbocycles. The first-order valence-electron chi connectivity index (χ1n) is 7.56. The van der Waals surface area contributed by atoms with Gasteiger partial charge in [-0.2, -0.15) is 0 Å². The van der Waals surface area contributed by atoms with E-state index in [1.165, 1.54) is 11.1 Å². The Balaban J connectivity index is 1.56. The van der Waals surface area contributed by atoms with Crippen LogP contribution in [-0.2, 0) is 12.8 Å². The van der Waals surface area contributed by atoms with Crippen molar-refractivity contribution in [2.24, 2.45) is 0 Å². The Bertz CT molecular complexity index is 960. The van der Waals surface area contributed by atoms with Crippen LogP contribution in [0.15, 0.2) is 49.1 Å². The minimum Gasteiger partial charge on any atom is -0.307 e. The van der Waals surface area contributed by atoms with Gasteiger partial charge in [0.1, 0.15) is 11.3 Å². The van der Waals surface area contributed by atoms with Crippen LogP contribution in [0.4, 0.5) is 0 Å². The number of aromatic nitrogens is 4. The van der Waals surface area contributed by atoms with Crippen LogP contribution in [0.3, 0.4) is 0 Å². The molecular weight excluding hydrogens is 272 g/mol. The number of imidazole rings is 2. The van der Waals surface area contributed by atoms with Gasteiger partial charge in [0, 0.05) is 24.8 Å². The normalized spacial score (nSPS) is 11.5. The van der Waals surface area contributed by atoms with Crippen molar-refractivity contribution in [3.05, 3.63) is 71.6 Å². The summed E-state index contributed by atoms with van der Waals surface area (Å²) in [4.78, 5) is 9.19. The summed E-state index contributed by atoms with van der Waals surface area (Å²) in [5.41, 5.74) is 6.75. The molecule has 4 aromatic heterocycles. The van der Waals surface area contributed by atoms with E-state index >= 15 is 0 Å². The molecule has 4 nitrogen and oxygen atoms in total. The van der Waals surface area contributed by atoms with E-state index in [1.807, 2.05) is 13.1 Å². The summed E-state index contributed by atoms with van der Waals surface area (Å²) in [5, 5.41) is 0.